The summed E-state index contributed by atoms with van der Waals surface area (Å²) in [5.74, 6) is 0.975. The second-order valence-corrected chi connectivity index (χ2v) is 9.01. The molecule has 0 spiro atoms. The molecule has 0 amide bonds. The Labute approximate surface area is 201 Å². The average Bonchev–Trinajstić information content (AvgIpc) is 3.10. The number of hydrogen-bond acceptors (Lipinski definition) is 4. The highest BCUT2D eigenvalue weighted by molar-refractivity contribution is 6.35. The van der Waals surface area contributed by atoms with Gasteiger partial charge in [-0.1, -0.05) is 41.4 Å². The minimum atomic E-state index is -0.331. The van der Waals surface area contributed by atoms with Gasteiger partial charge in [0.2, 0.25) is 5.78 Å². The van der Waals surface area contributed by atoms with Crippen LogP contribution in [0.15, 0.2) is 54.3 Å². The maximum Gasteiger partial charge on any atom is 0.231 e. The van der Waals surface area contributed by atoms with Crippen molar-refractivity contribution in [1.29, 1.82) is 0 Å². The van der Waals surface area contributed by atoms with Crippen LogP contribution in [0.25, 0.3) is 6.08 Å². The fraction of sp³-hybridized carbons (Fsp3) is 0.192. The molecule has 0 radical (unpaired) electrons. The zero-order chi connectivity index (χ0) is 23.1. The van der Waals surface area contributed by atoms with Gasteiger partial charge in [0.1, 0.15) is 24.0 Å². The van der Waals surface area contributed by atoms with E-state index in [1.165, 1.54) is 12.1 Å². The van der Waals surface area contributed by atoms with Crippen molar-refractivity contribution in [2.24, 2.45) is 0 Å². The molecule has 3 aromatic carbocycles. The molecule has 0 aromatic heterocycles. The second kappa shape index (κ2) is 8.82. The molecule has 0 aliphatic carbocycles. The van der Waals surface area contributed by atoms with E-state index in [4.69, 9.17) is 32.7 Å². The molecule has 2 aliphatic rings. The van der Waals surface area contributed by atoms with Gasteiger partial charge >= 0.3 is 0 Å². The van der Waals surface area contributed by atoms with E-state index < -0.39 is 0 Å². The number of ether oxygens (including phenoxy) is 2. The smallest absolute Gasteiger partial charge is 0.231 e. The molecule has 0 bridgehead atoms. The van der Waals surface area contributed by atoms with Gasteiger partial charge in [-0.25, -0.2) is 4.39 Å². The highest BCUT2D eigenvalue weighted by Crippen LogP contribution is 2.43. The summed E-state index contributed by atoms with van der Waals surface area (Å²) in [5, 5.41) is 1.26. The Morgan fingerprint density at radius 2 is 1.88 bits per heavy atom. The minimum Gasteiger partial charge on any atom is -0.477 e. The molecule has 0 unspecified atom stereocenters. The van der Waals surface area contributed by atoms with E-state index in [9.17, 15) is 9.18 Å². The van der Waals surface area contributed by atoms with Gasteiger partial charge in [-0.15, -0.1) is 0 Å². The predicted octanol–water partition coefficient (Wildman–Crippen LogP) is 6.45. The normalized spacial score (nSPS) is 16.4. The first-order valence-electron chi connectivity index (χ1n) is 10.5. The lowest BCUT2D eigenvalue weighted by Crippen LogP contribution is -2.34. The van der Waals surface area contributed by atoms with Crippen molar-refractivity contribution >= 4 is 35.1 Å². The van der Waals surface area contributed by atoms with Crippen LogP contribution in [0.5, 0.6) is 11.5 Å². The van der Waals surface area contributed by atoms with Crippen molar-refractivity contribution in [3.8, 4) is 11.5 Å². The number of Topliss-reactive ketones (excluding diaryl/α,β-unsaturated/α-hetero) is 1. The lowest BCUT2D eigenvalue weighted by Gasteiger charge is -2.30. The Bertz CT molecular complexity index is 1290. The zero-order valence-corrected chi connectivity index (χ0v) is 19.3. The molecule has 0 saturated heterocycles. The van der Waals surface area contributed by atoms with Crippen LogP contribution < -0.4 is 9.47 Å². The van der Waals surface area contributed by atoms with Gasteiger partial charge in [0.05, 0.1) is 5.56 Å². The Hall–Kier alpha value is -2.86. The minimum absolute atomic E-state index is 0.190. The molecule has 7 heteroatoms. The Morgan fingerprint density at radius 3 is 2.64 bits per heavy atom. The number of ketones is 1. The summed E-state index contributed by atoms with van der Waals surface area (Å²) < 4.78 is 25.1. The van der Waals surface area contributed by atoms with Crippen LogP contribution in [0, 0.1) is 12.7 Å². The molecule has 2 heterocycles. The molecule has 2 aliphatic heterocycles. The van der Waals surface area contributed by atoms with Crippen molar-refractivity contribution in [2.75, 3.05) is 13.3 Å². The van der Waals surface area contributed by atoms with Crippen LogP contribution in [-0.2, 0) is 13.0 Å². The van der Waals surface area contributed by atoms with Gasteiger partial charge in [-0.3, -0.25) is 9.69 Å². The van der Waals surface area contributed by atoms with Crippen molar-refractivity contribution in [3.05, 3.63) is 98.0 Å². The van der Waals surface area contributed by atoms with E-state index in [1.54, 1.807) is 24.3 Å². The summed E-state index contributed by atoms with van der Waals surface area (Å²) in [7, 11) is 0. The van der Waals surface area contributed by atoms with Gasteiger partial charge in [0.25, 0.3) is 0 Å². The van der Waals surface area contributed by atoms with Gasteiger partial charge in [0, 0.05) is 34.3 Å². The van der Waals surface area contributed by atoms with Crippen molar-refractivity contribution < 1.29 is 18.7 Å². The Morgan fingerprint density at radius 1 is 1.09 bits per heavy atom. The number of carbonyl (C=O) groups is 1. The van der Waals surface area contributed by atoms with Crippen LogP contribution >= 0.6 is 23.2 Å². The number of allylic oxidation sites excluding steroid dienone is 1. The van der Waals surface area contributed by atoms with Crippen LogP contribution in [0.2, 0.25) is 10.0 Å². The molecule has 3 aromatic rings. The summed E-state index contributed by atoms with van der Waals surface area (Å²) in [6, 6.07) is 13.3. The number of carbonyl (C=O) groups excluding carboxylic acids is 1. The van der Waals surface area contributed by atoms with E-state index >= 15 is 0 Å². The van der Waals surface area contributed by atoms with E-state index in [0.717, 1.165) is 35.4 Å². The fourth-order valence-corrected chi connectivity index (χ4v) is 4.66. The van der Waals surface area contributed by atoms with Gasteiger partial charge < -0.3 is 9.47 Å². The fourth-order valence-electron chi connectivity index (χ4n) is 4.15. The molecule has 0 N–H and O–H groups in total. The Kier molecular flexibility index (Phi) is 5.87. The van der Waals surface area contributed by atoms with E-state index in [2.05, 4.69) is 4.90 Å². The standard InChI is InChI=1S/C26H20Cl2FNO3/c1-15-25-18(13-30(14-32-25)9-8-17-4-5-19(27)12-22(17)28)11-21-24(31)23(33-26(15)21)10-16-2-6-20(29)7-3-16/h2-7,10-12H,8-9,13-14H2,1H3/b23-10-. The van der Waals surface area contributed by atoms with E-state index in [1.807, 2.05) is 25.1 Å². The molecule has 0 saturated carbocycles. The molecule has 33 heavy (non-hydrogen) atoms. The van der Waals surface area contributed by atoms with E-state index in [0.29, 0.717) is 40.2 Å². The summed E-state index contributed by atoms with van der Waals surface area (Å²) in [6.45, 7) is 3.73. The third-order valence-corrected chi connectivity index (χ3v) is 6.47. The SMILES string of the molecule is Cc1c2c(cc3c1O/C(=C\c1ccc(F)cc1)C3=O)CN(CCc1ccc(Cl)cc1Cl)CO2. The molecule has 5 rings (SSSR count). The number of benzene rings is 3. The van der Waals surface area contributed by atoms with Gasteiger partial charge in [0.15, 0.2) is 5.76 Å². The van der Waals surface area contributed by atoms with Gasteiger partial charge in [-0.05, 0) is 60.9 Å². The number of rotatable bonds is 4. The first-order valence-corrected chi connectivity index (χ1v) is 11.3. The topological polar surface area (TPSA) is 38.8 Å². The number of halogens is 3. The Balaban J connectivity index is 1.35. The lowest BCUT2D eigenvalue weighted by atomic mass is 10.00. The van der Waals surface area contributed by atoms with Crippen molar-refractivity contribution in [3.63, 3.8) is 0 Å². The van der Waals surface area contributed by atoms with Gasteiger partial charge in [-0.2, -0.15) is 0 Å². The summed E-state index contributed by atoms with van der Waals surface area (Å²) in [6.07, 6.45) is 2.38. The molecule has 0 atom stereocenters. The van der Waals surface area contributed by atoms with Crippen LogP contribution in [0.1, 0.15) is 32.6 Å². The maximum absolute atomic E-state index is 13.2. The number of hydrogen-bond donors (Lipinski definition) is 0. The molecular formula is C26H20Cl2FNO3. The summed E-state index contributed by atoms with van der Waals surface area (Å²) >= 11 is 12.3. The van der Waals surface area contributed by atoms with Crippen LogP contribution in [0.4, 0.5) is 4.39 Å². The van der Waals surface area contributed by atoms with Crippen LogP contribution in [-0.4, -0.2) is 24.0 Å². The highest BCUT2D eigenvalue weighted by Gasteiger charge is 2.33. The number of fused-ring (bicyclic) bond motifs is 2. The molecule has 168 valence electrons. The first-order chi connectivity index (χ1) is 15.9. The first kappa shape index (κ1) is 22.0. The molecule has 4 nitrogen and oxygen atoms in total. The van der Waals surface area contributed by atoms with Crippen LogP contribution in [0.3, 0.4) is 0 Å². The zero-order valence-electron chi connectivity index (χ0n) is 17.8. The second-order valence-electron chi connectivity index (χ2n) is 8.17. The average molecular weight is 484 g/mol. The van der Waals surface area contributed by atoms with Crippen molar-refractivity contribution in [2.45, 2.75) is 19.9 Å². The quantitative estimate of drug-likeness (QED) is 0.399. The molecule has 0 fully saturated rings. The monoisotopic (exact) mass is 483 g/mol. The third kappa shape index (κ3) is 4.36. The summed E-state index contributed by atoms with van der Waals surface area (Å²) in [4.78, 5) is 15.2. The lowest BCUT2D eigenvalue weighted by molar-refractivity contribution is 0.0954. The van der Waals surface area contributed by atoms with E-state index in [-0.39, 0.29) is 17.4 Å². The maximum atomic E-state index is 13.2. The highest BCUT2D eigenvalue weighted by atomic mass is 35.5. The third-order valence-electron chi connectivity index (χ3n) is 5.88. The summed E-state index contributed by atoms with van der Waals surface area (Å²) in [5.41, 5.74) is 3.98. The van der Waals surface area contributed by atoms with Crippen molar-refractivity contribution in [1.82, 2.24) is 4.90 Å². The molecular weight excluding hydrogens is 464 g/mol. The largest absolute Gasteiger partial charge is 0.477 e. The predicted molar refractivity (Wildman–Crippen MR) is 127 cm³/mol. The number of nitrogens with zero attached hydrogens (tertiary/aromatic N) is 1.